The van der Waals surface area contributed by atoms with Gasteiger partial charge in [-0.15, -0.1) is 11.3 Å². The number of nitrogens with one attached hydrogen (secondary N) is 1. The van der Waals surface area contributed by atoms with Crippen molar-refractivity contribution in [1.29, 1.82) is 0 Å². The maximum Gasteiger partial charge on any atom is 0.322 e. The number of hydrogen-bond acceptors (Lipinski definition) is 5. The molecule has 0 radical (unpaired) electrons. The zero-order valence-corrected chi connectivity index (χ0v) is 22.9. The molecule has 0 aliphatic carbocycles. The molecule has 194 valence electrons. The molecular formula is C28H30Cl2N4O2S. The SMILES string of the molecule is O=C(NCC1CCCO1)N1CC2(CCN(CC=Cc3ccc(Cl)c(Cl)c3)CC2)c2c1ccc1scnc21. The van der Waals surface area contributed by atoms with Crippen molar-refractivity contribution < 1.29 is 9.53 Å². The van der Waals surface area contributed by atoms with Crippen molar-refractivity contribution >= 4 is 62.5 Å². The first-order valence-corrected chi connectivity index (χ1v) is 14.5. The number of aromatic nitrogens is 1. The summed E-state index contributed by atoms with van der Waals surface area (Å²) in [6.07, 6.45) is 8.47. The smallest absolute Gasteiger partial charge is 0.322 e. The van der Waals surface area contributed by atoms with Gasteiger partial charge in [-0.1, -0.05) is 41.4 Å². The van der Waals surface area contributed by atoms with Crippen LogP contribution in [0.5, 0.6) is 0 Å². The topological polar surface area (TPSA) is 57.7 Å². The second-order valence-electron chi connectivity index (χ2n) is 10.2. The van der Waals surface area contributed by atoms with E-state index in [1.54, 1.807) is 11.3 Å². The summed E-state index contributed by atoms with van der Waals surface area (Å²) in [7, 11) is 0. The summed E-state index contributed by atoms with van der Waals surface area (Å²) in [5, 5.41) is 4.28. The summed E-state index contributed by atoms with van der Waals surface area (Å²) in [5.41, 5.74) is 6.21. The second-order valence-corrected chi connectivity index (χ2v) is 11.9. The molecule has 2 saturated heterocycles. The van der Waals surface area contributed by atoms with Crippen LogP contribution in [-0.4, -0.2) is 61.3 Å². The van der Waals surface area contributed by atoms with Gasteiger partial charge in [0.1, 0.15) is 0 Å². The van der Waals surface area contributed by atoms with E-state index in [0.717, 1.165) is 68.7 Å². The van der Waals surface area contributed by atoms with Gasteiger partial charge in [0.25, 0.3) is 0 Å². The third kappa shape index (κ3) is 5.00. The predicted molar refractivity (Wildman–Crippen MR) is 152 cm³/mol. The summed E-state index contributed by atoms with van der Waals surface area (Å²) in [5.74, 6) is 0. The van der Waals surface area contributed by atoms with E-state index in [0.29, 0.717) is 23.1 Å². The molecule has 1 atom stereocenters. The highest BCUT2D eigenvalue weighted by atomic mass is 35.5. The fourth-order valence-corrected chi connectivity index (χ4v) is 6.94. The van der Waals surface area contributed by atoms with Crippen LogP contribution in [0.1, 0.15) is 36.8 Å². The van der Waals surface area contributed by atoms with E-state index in [2.05, 4.69) is 34.5 Å². The van der Waals surface area contributed by atoms with Crippen LogP contribution in [0.15, 0.2) is 41.9 Å². The molecule has 2 aromatic carbocycles. The first-order chi connectivity index (χ1) is 18.0. The summed E-state index contributed by atoms with van der Waals surface area (Å²) in [6, 6.07) is 9.88. The molecule has 37 heavy (non-hydrogen) atoms. The average Bonchev–Trinajstić information content (AvgIpc) is 3.65. The number of halogens is 2. The van der Waals surface area contributed by atoms with Gasteiger partial charge in [-0.3, -0.25) is 9.80 Å². The van der Waals surface area contributed by atoms with Crippen LogP contribution in [0.3, 0.4) is 0 Å². The Balaban J connectivity index is 1.17. The summed E-state index contributed by atoms with van der Waals surface area (Å²) in [6.45, 7) is 4.86. The van der Waals surface area contributed by atoms with Gasteiger partial charge in [-0.25, -0.2) is 9.78 Å². The number of nitrogens with zero attached hydrogens (tertiary/aromatic N) is 3. The lowest BCUT2D eigenvalue weighted by Gasteiger charge is -2.39. The zero-order chi connectivity index (χ0) is 25.4. The highest BCUT2D eigenvalue weighted by Gasteiger charge is 2.48. The van der Waals surface area contributed by atoms with E-state index in [-0.39, 0.29) is 17.6 Å². The van der Waals surface area contributed by atoms with Gasteiger partial charge in [-0.2, -0.15) is 0 Å². The molecule has 3 aromatic rings. The minimum Gasteiger partial charge on any atom is -0.376 e. The Morgan fingerprint density at radius 2 is 2.08 bits per heavy atom. The predicted octanol–water partition coefficient (Wildman–Crippen LogP) is 6.36. The Labute approximate surface area is 231 Å². The molecule has 3 aliphatic rings. The largest absolute Gasteiger partial charge is 0.376 e. The lowest BCUT2D eigenvalue weighted by Crippen LogP contribution is -2.48. The van der Waals surface area contributed by atoms with Crippen LogP contribution < -0.4 is 10.2 Å². The number of hydrogen-bond donors (Lipinski definition) is 1. The highest BCUT2D eigenvalue weighted by molar-refractivity contribution is 7.16. The van der Waals surface area contributed by atoms with Crippen molar-refractivity contribution in [2.24, 2.45) is 0 Å². The number of thiazole rings is 1. The Bertz CT molecular complexity index is 1330. The average molecular weight is 558 g/mol. The molecule has 0 bridgehead atoms. The number of carbonyl (C=O) groups is 1. The van der Waals surface area contributed by atoms with Gasteiger partial charge in [0.15, 0.2) is 0 Å². The van der Waals surface area contributed by atoms with Crippen LogP contribution in [-0.2, 0) is 10.2 Å². The Kier molecular flexibility index (Phi) is 7.16. The highest BCUT2D eigenvalue weighted by Crippen LogP contribution is 2.50. The number of rotatable bonds is 5. The first kappa shape index (κ1) is 25.1. The Hall–Kier alpha value is -2.16. The maximum absolute atomic E-state index is 13.4. The number of piperidine rings is 1. The summed E-state index contributed by atoms with van der Waals surface area (Å²) in [4.78, 5) is 22.5. The molecule has 1 unspecified atom stereocenters. The number of urea groups is 1. The van der Waals surface area contributed by atoms with Crippen molar-refractivity contribution in [3.8, 4) is 0 Å². The standard InChI is InChI=1S/C28H30Cl2N4O2S/c29-21-6-5-19(15-22(21)30)3-1-11-33-12-9-28(10-13-33)17-34(27(35)31-16-20-4-2-14-36-20)23-7-8-24-26(25(23)28)32-18-37-24/h1,3,5-8,15,18,20H,2,4,9-14,16-17H2,(H,31,35). The van der Waals surface area contributed by atoms with Crippen LogP contribution in [0, 0.1) is 0 Å². The summed E-state index contributed by atoms with van der Waals surface area (Å²) < 4.78 is 6.90. The monoisotopic (exact) mass is 556 g/mol. The molecule has 0 saturated carbocycles. The normalized spacial score (nSPS) is 21.4. The van der Waals surface area contributed by atoms with E-state index in [9.17, 15) is 4.79 Å². The van der Waals surface area contributed by atoms with E-state index in [4.69, 9.17) is 32.9 Å². The number of ether oxygens (including phenoxy) is 1. The second kappa shape index (κ2) is 10.5. The van der Waals surface area contributed by atoms with Gasteiger partial charge < -0.3 is 10.1 Å². The van der Waals surface area contributed by atoms with Crippen LogP contribution in [0.2, 0.25) is 10.0 Å². The van der Waals surface area contributed by atoms with Gasteiger partial charge in [0, 0.05) is 37.2 Å². The molecule has 1 spiro atoms. The minimum atomic E-state index is -0.0754. The van der Waals surface area contributed by atoms with Crippen molar-refractivity contribution in [2.75, 3.05) is 44.2 Å². The van der Waals surface area contributed by atoms with Gasteiger partial charge in [0.05, 0.1) is 37.6 Å². The van der Waals surface area contributed by atoms with Crippen LogP contribution >= 0.6 is 34.5 Å². The molecule has 2 fully saturated rings. The number of amides is 2. The molecule has 1 aromatic heterocycles. The fourth-order valence-electron chi connectivity index (χ4n) is 5.94. The number of anilines is 1. The number of benzene rings is 2. The van der Waals surface area contributed by atoms with Crippen LogP contribution in [0.25, 0.3) is 16.3 Å². The Morgan fingerprint density at radius 3 is 2.86 bits per heavy atom. The minimum absolute atomic E-state index is 0.0322. The molecule has 1 N–H and O–H groups in total. The molecule has 2 amide bonds. The first-order valence-electron chi connectivity index (χ1n) is 12.9. The number of likely N-dealkylation sites (tertiary alicyclic amines) is 1. The van der Waals surface area contributed by atoms with Crippen molar-refractivity contribution in [2.45, 2.75) is 37.2 Å². The van der Waals surface area contributed by atoms with Crippen LogP contribution in [0.4, 0.5) is 10.5 Å². The van der Waals surface area contributed by atoms with Gasteiger partial charge in [-0.05, 0) is 68.6 Å². The van der Waals surface area contributed by atoms with Crippen molar-refractivity contribution in [3.63, 3.8) is 0 Å². The quantitative estimate of drug-likeness (QED) is 0.397. The van der Waals surface area contributed by atoms with Crippen molar-refractivity contribution in [3.05, 3.63) is 63.1 Å². The van der Waals surface area contributed by atoms with Gasteiger partial charge >= 0.3 is 6.03 Å². The van der Waals surface area contributed by atoms with E-state index in [1.165, 1.54) is 10.3 Å². The molecule has 3 aliphatic heterocycles. The van der Waals surface area contributed by atoms with Gasteiger partial charge in [0.2, 0.25) is 0 Å². The molecule has 6 rings (SSSR count). The Morgan fingerprint density at radius 1 is 1.22 bits per heavy atom. The van der Waals surface area contributed by atoms with Crippen molar-refractivity contribution in [1.82, 2.24) is 15.2 Å². The third-order valence-electron chi connectivity index (χ3n) is 7.94. The van der Waals surface area contributed by atoms with E-state index < -0.39 is 0 Å². The lowest BCUT2D eigenvalue weighted by molar-refractivity contribution is 0.111. The molecular weight excluding hydrogens is 527 g/mol. The molecule has 4 heterocycles. The molecule has 6 nitrogen and oxygen atoms in total. The zero-order valence-electron chi connectivity index (χ0n) is 20.6. The third-order valence-corrected chi connectivity index (χ3v) is 9.48. The number of fused-ring (bicyclic) bond motifs is 4. The fraction of sp³-hybridized carbons (Fsp3) is 0.429. The van der Waals surface area contributed by atoms with E-state index in [1.807, 2.05) is 28.6 Å². The number of carbonyl (C=O) groups excluding carboxylic acids is 1. The lowest BCUT2D eigenvalue weighted by atomic mass is 9.74. The van der Waals surface area contributed by atoms with E-state index >= 15 is 0 Å². The molecule has 9 heteroatoms. The maximum atomic E-state index is 13.4. The summed E-state index contributed by atoms with van der Waals surface area (Å²) >= 11 is 13.9.